The molecule has 0 aliphatic heterocycles. The Labute approximate surface area is 147 Å². The summed E-state index contributed by atoms with van der Waals surface area (Å²) < 4.78 is 33.8. The number of carbonyl (C=O) groups is 1. The summed E-state index contributed by atoms with van der Waals surface area (Å²) in [5, 5.41) is 0. The summed E-state index contributed by atoms with van der Waals surface area (Å²) in [4.78, 5) is 17.0. The lowest BCUT2D eigenvalue weighted by atomic mass is 9.55. The summed E-state index contributed by atoms with van der Waals surface area (Å²) in [7, 11) is -4.64. The SMILES string of the molecule is C[C@]12CC[C@@H]3c4ccc(OOS(=O)(=O)O)cc4CC[C@H]3[C@@H]1CCC2=O. The zero-order valence-electron chi connectivity index (χ0n) is 14.1. The predicted octanol–water partition coefficient (Wildman–Crippen LogP) is 3.23. The Balaban J connectivity index is 1.58. The van der Waals surface area contributed by atoms with Crippen molar-refractivity contribution >= 4 is 16.2 Å². The first-order valence-corrected chi connectivity index (χ1v) is 10.1. The van der Waals surface area contributed by atoms with Crippen LogP contribution in [-0.4, -0.2) is 18.8 Å². The van der Waals surface area contributed by atoms with Gasteiger partial charge in [0.2, 0.25) is 0 Å². The zero-order chi connectivity index (χ0) is 17.8. The molecule has 0 radical (unpaired) electrons. The highest BCUT2D eigenvalue weighted by Crippen LogP contribution is 2.59. The summed E-state index contributed by atoms with van der Waals surface area (Å²) in [5.74, 6) is 2.16. The molecule has 25 heavy (non-hydrogen) atoms. The van der Waals surface area contributed by atoms with Crippen LogP contribution in [0.15, 0.2) is 18.2 Å². The first kappa shape index (κ1) is 17.0. The summed E-state index contributed by atoms with van der Waals surface area (Å²) in [6.45, 7) is 2.16. The highest BCUT2D eigenvalue weighted by molar-refractivity contribution is 7.80. The maximum Gasteiger partial charge on any atom is 0.432 e. The Morgan fingerprint density at radius 3 is 2.76 bits per heavy atom. The maximum absolute atomic E-state index is 12.3. The van der Waals surface area contributed by atoms with Crippen LogP contribution in [0, 0.1) is 17.3 Å². The molecule has 136 valence electrons. The Morgan fingerprint density at radius 1 is 1.20 bits per heavy atom. The predicted molar refractivity (Wildman–Crippen MR) is 89.3 cm³/mol. The molecule has 0 aromatic heterocycles. The van der Waals surface area contributed by atoms with Gasteiger partial charge >= 0.3 is 10.4 Å². The number of Topliss-reactive ketones (excluding diaryl/α,β-unsaturated/α-hetero) is 1. The van der Waals surface area contributed by atoms with E-state index in [-0.39, 0.29) is 11.2 Å². The molecule has 1 aromatic carbocycles. The molecule has 0 unspecified atom stereocenters. The lowest BCUT2D eigenvalue weighted by Crippen LogP contribution is -2.42. The zero-order valence-corrected chi connectivity index (χ0v) is 14.9. The van der Waals surface area contributed by atoms with E-state index in [2.05, 4.69) is 16.1 Å². The summed E-state index contributed by atoms with van der Waals surface area (Å²) >= 11 is 0. The fourth-order valence-electron chi connectivity index (χ4n) is 5.46. The summed E-state index contributed by atoms with van der Waals surface area (Å²) in [5.41, 5.74) is 2.27. The molecule has 0 amide bonds. The minimum Gasteiger partial charge on any atom is -0.319 e. The standard InChI is InChI=1S/C18H22O6S/c1-18-9-8-14-13-5-3-12(23-24-25(20,21)22)10-11(13)2-4-15(14)16(18)6-7-17(18)19/h3,5,10,14-16H,2,4,6-9H2,1H3,(H,20,21,22)/t14-,15-,16+,18+/m1/s1. The highest BCUT2D eigenvalue weighted by Gasteiger charge is 2.54. The quantitative estimate of drug-likeness (QED) is 0.502. The normalized spacial score (nSPS) is 34.2. The van der Waals surface area contributed by atoms with Gasteiger partial charge in [-0.2, -0.15) is 8.42 Å². The number of fused-ring (bicyclic) bond motifs is 5. The molecule has 0 bridgehead atoms. The summed E-state index contributed by atoms with van der Waals surface area (Å²) in [6, 6.07) is 5.42. The van der Waals surface area contributed by atoms with Crippen LogP contribution in [0.2, 0.25) is 0 Å². The molecule has 1 aromatic rings. The number of aryl methyl sites for hydroxylation is 1. The van der Waals surface area contributed by atoms with E-state index in [4.69, 9.17) is 4.55 Å². The van der Waals surface area contributed by atoms with Crippen molar-refractivity contribution in [3.63, 3.8) is 0 Å². The molecule has 0 heterocycles. The van der Waals surface area contributed by atoms with Gasteiger partial charge in [-0.25, -0.2) is 0 Å². The van der Waals surface area contributed by atoms with Crippen LogP contribution < -0.4 is 4.89 Å². The van der Waals surface area contributed by atoms with Gasteiger partial charge < -0.3 is 4.89 Å². The van der Waals surface area contributed by atoms with E-state index in [9.17, 15) is 13.2 Å². The fourth-order valence-corrected chi connectivity index (χ4v) is 5.63. The summed E-state index contributed by atoms with van der Waals surface area (Å²) in [6.07, 6.45) is 5.60. The second-order valence-electron chi connectivity index (χ2n) is 7.77. The first-order chi connectivity index (χ1) is 11.8. The molecule has 0 saturated heterocycles. The van der Waals surface area contributed by atoms with Crippen molar-refractivity contribution in [3.8, 4) is 5.75 Å². The molecule has 7 heteroatoms. The average molecular weight is 366 g/mol. The Bertz CT molecular complexity index is 817. The number of hydrogen-bond acceptors (Lipinski definition) is 5. The van der Waals surface area contributed by atoms with E-state index in [0.717, 1.165) is 44.1 Å². The van der Waals surface area contributed by atoms with Gasteiger partial charge in [0.05, 0.1) is 0 Å². The Hall–Kier alpha value is -1.44. The minimum atomic E-state index is -4.64. The maximum atomic E-state index is 12.3. The molecule has 6 nitrogen and oxygen atoms in total. The van der Waals surface area contributed by atoms with Gasteiger partial charge in [0.15, 0.2) is 5.75 Å². The van der Waals surface area contributed by atoms with Crippen LogP contribution in [0.3, 0.4) is 0 Å². The lowest BCUT2D eigenvalue weighted by molar-refractivity contribution is -0.129. The highest BCUT2D eigenvalue weighted by atomic mass is 32.3. The van der Waals surface area contributed by atoms with Crippen molar-refractivity contribution in [2.75, 3.05) is 0 Å². The molecule has 3 aliphatic rings. The number of rotatable bonds is 3. The molecule has 2 fully saturated rings. The van der Waals surface area contributed by atoms with Crippen LogP contribution in [0.5, 0.6) is 5.75 Å². The van der Waals surface area contributed by atoms with E-state index in [1.807, 2.05) is 6.07 Å². The van der Waals surface area contributed by atoms with Gasteiger partial charge in [-0.1, -0.05) is 13.0 Å². The van der Waals surface area contributed by atoms with Gasteiger partial charge in [0.1, 0.15) is 5.78 Å². The largest absolute Gasteiger partial charge is 0.432 e. The topological polar surface area (TPSA) is 89.9 Å². The van der Waals surface area contributed by atoms with Crippen LogP contribution in [-0.2, 0) is 25.9 Å². The number of hydrogen-bond donors (Lipinski definition) is 1. The van der Waals surface area contributed by atoms with Crippen molar-refractivity contribution in [3.05, 3.63) is 29.3 Å². The van der Waals surface area contributed by atoms with Crippen LogP contribution in [0.25, 0.3) is 0 Å². The third kappa shape index (κ3) is 2.88. The van der Waals surface area contributed by atoms with E-state index in [0.29, 0.717) is 23.5 Å². The Morgan fingerprint density at radius 2 is 2.00 bits per heavy atom. The average Bonchev–Trinajstić information content (AvgIpc) is 2.87. The lowest BCUT2D eigenvalue weighted by Gasteiger charge is -2.48. The van der Waals surface area contributed by atoms with Crippen molar-refractivity contribution in [2.45, 2.75) is 51.4 Å². The van der Waals surface area contributed by atoms with Gasteiger partial charge in [-0.15, -0.1) is 0 Å². The second kappa shape index (κ2) is 5.79. The molecule has 1 N–H and O–H groups in total. The van der Waals surface area contributed by atoms with Gasteiger partial charge in [-0.3, -0.25) is 9.35 Å². The molecule has 2 saturated carbocycles. The van der Waals surface area contributed by atoms with E-state index in [1.54, 1.807) is 12.1 Å². The van der Waals surface area contributed by atoms with Crippen LogP contribution in [0.1, 0.15) is 56.1 Å². The second-order valence-corrected chi connectivity index (χ2v) is 8.76. The monoisotopic (exact) mass is 366 g/mol. The molecule has 3 aliphatic carbocycles. The van der Waals surface area contributed by atoms with Crippen molar-refractivity contribution in [1.82, 2.24) is 0 Å². The van der Waals surface area contributed by atoms with Gasteiger partial charge in [0, 0.05) is 11.8 Å². The van der Waals surface area contributed by atoms with E-state index in [1.165, 1.54) is 5.56 Å². The number of ketones is 1. The van der Waals surface area contributed by atoms with Gasteiger partial charge in [-0.05, 0) is 77.5 Å². The molecule has 4 rings (SSSR count). The molecule has 0 spiro atoms. The number of carbonyl (C=O) groups excluding carboxylic acids is 1. The molecular weight excluding hydrogens is 344 g/mol. The third-order valence-electron chi connectivity index (χ3n) is 6.62. The van der Waals surface area contributed by atoms with Crippen molar-refractivity contribution in [1.29, 1.82) is 0 Å². The smallest absolute Gasteiger partial charge is 0.319 e. The molecule has 4 atom stereocenters. The van der Waals surface area contributed by atoms with E-state index < -0.39 is 10.4 Å². The van der Waals surface area contributed by atoms with Gasteiger partial charge in [0.25, 0.3) is 0 Å². The first-order valence-electron chi connectivity index (χ1n) is 8.77. The van der Waals surface area contributed by atoms with E-state index >= 15 is 0 Å². The van der Waals surface area contributed by atoms with Crippen molar-refractivity contribution < 1.29 is 27.0 Å². The third-order valence-corrected chi connectivity index (χ3v) is 6.86. The minimum absolute atomic E-state index is 0.134. The molecular formula is C18H22O6S. The Kier molecular flexibility index (Phi) is 3.94. The van der Waals surface area contributed by atoms with Crippen LogP contribution >= 0.6 is 0 Å². The van der Waals surface area contributed by atoms with Crippen LogP contribution in [0.4, 0.5) is 0 Å². The fraction of sp³-hybridized carbons (Fsp3) is 0.611. The number of benzene rings is 1. The van der Waals surface area contributed by atoms with Crippen molar-refractivity contribution in [2.24, 2.45) is 17.3 Å².